The highest BCUT2D eigenvalue weighted by Crippen LogP contribution is 2.19. The maximum Gasteiger partial charge on any atom is 0.306 e. The molecular weight excluding hydrogens is 995 g/mol. The minimum absolute atomic E-state index is 0.152. The van der Waals surface area contributed by atoms with Crippen molar-refractivity contribution in [1.82, 2.24) is 0 Å². The van der Waals surface area contributed by atoms with Gasteiger partial charge in [0, 0.05) is 12.8 Å². The fourth-order valence-corrected chi connectivity index (χ4v) is 10.6. The Balaban J connectivity index is 4.04. The first-order chi connectivity index (χ1) is 39.1. The van der Waals surface area contributed by atoms with E-state index in [0.29, 0.717) is 17.4 Å². The van der Waals surface area contributed by atoms with E-state index in [2.05, 4.69) is 38.2 Å². The lowest BCUT2D eigenvalue weighted by atomic mass is 10.0. The van der Waals surface area contributed by atoms with Gasteiger partial charge < -0.3 is 33.3 Å². The summed E-state index contributed by atoms with van der Waals surface area (Å²) in [4.78, 5) is 37.5. The average Bonchev–Trinajstić information content (AvgIpc) is 3.43. The van der Waals surface area contributed by atoms with Gasteiger partial charge in [-0.25, -0.2) is 0 Å². The Morgan fingerprint density at radius 2 is 0.675 bits per heavy atom. The zero-order chi connectivity index (χ0) is 58.3. The van der Waals surface area contributed by atoms with Crippen LogP contribution in [-0.2, 0) is 33.3 Å². The Labute approximate surface area is 497 Å². The summed E-state index contributed by atoms with van der Waals surface area (Å²) in [5.74, 6) is -2.25. The molecule has 0 amide bonds. The molecule has 9 heteroatoms. The highest BCUT2D eigenvalue weighted by molar-refractivity contribution is 5.70. The first kappa shape index (κ1) is 77.8. The number of ether oxygens (including phenoxy) is 4. The summed E-state index contributed by atoms with van der Waals surface area (Å²) in [6, 6.07) is 0. The molecular formula is C71H135NO8. The number of allylic oxidation sites excluding steroid dienone is 4. The first-order valence-electron chi connectivity index (χ1n) is 35.0. The Kier molecular flexibility index (Phi) is 61.1. The molecule has 0 N–H and O–H groups in total. The number of hydrogen-bond acceptors (Lipinski definition) is 8. The van der Waals surface area contributed by atoms with Crippen LogP contribution in [-0.4, -0.2) is 82.3 Å². The standard InChI is InChI=1S/C71H135NO8/c1-6-8-10-12-14-16-18-20-22-24-26-28-30-31-32-33-34-35-36-37-38-39-40-42-44-46-48-50-52-54-56-58-60-62-69(74)80-67(66-79-71(70(75)76)77-64-63-72(3,4)5)65-78-68(73)61-59-57-55-53-51-49-47-45-43-41-29-27-25-23-21-19-17-15-13-11-9-7-2/h18,20,24,26,67,71H,6-17,19,21-23,25,27-66H2,1-5H3/b20-18-,26-24-. The quantitative estimate of drug-likeness (QED) is 0.0195. The lowest BCUT2D eigenvalue weighted by molar-refractivity contribution is -0.870. The van der Waals surface area contributed by atoms with Crippen molar-refractivity contribution in [3.63, 3.8) is 0 Å². The van der Waals surface area contributed by atoms with Crippen LogP contribution in [0.2, 0.25) is 0 Å². The van der Waals surface area contributed by atoms with Crippen molar-refractivity contribution >= 4 is 17.9 Å². The van der Waals surface area contributed by atoms with E-state index < -0.39 is 24.3 Å². The maximum atomic E-state index is 12.9. The molecule has 2 atom stereocenters. The zero-order valence-corrected chi connectivity index (χ0v) is 54.0. The van der Waals surface area contributed by atoms with Gasteiger partial charge in [0.15, 0.2) is 12.4 Å². The third kappa shape index (κ3) is 63.4. The predicted molar refractivity (Wildman–Crippen MR) is 339 cm³/mol. The Hall–Kier alpha value is -2.23. The zero-order valence-electron chi connectivity index (χ0n) is 54.0. The molecule has 0 saturated heterocycles. The normalized spacial score (nSPS) is 12.8. The number of carboxylic acid groups (broad SMARTS) is 1. The number of esters is 2. The van der Waals surface area contributed by atoms with Gasteiger partial charge >= 0.3 is 11.9 Å². The fourth-order valence-electron chi connectivity index (χ4n) is 10.6. The highest BCUT2D eigenvalue weighted by Gasteiger charge is 2.22. The number of quaternary nitrogens is 1. The smallest absolute Gasteiger partial charge is 0.306 e. The van der Waals surface area contributed by atoms with Crippen molar-refractivity contribution in [2.75, 3.05) is 47.5 Å². The van der Waals surface area contributed by atoms with Gasteiger partial charge in [-0.1, -0.05) is 321 Å². The van der Waals surface area contributed by atoms with Gasteiger partial charge in [0.1, 0.15) is 13.2 Å². The van der Waals surface area contributed by atoms with Crippen molar-refractivity contribution in [1.29, 1.82) is 0 Å². The maximum absolute atomic E-state index is 12.9. The molecule has 0 spiro atoms. The number of nitrogens with zero attached hydrogens (tertiary/aromatic N) is 1. The number of likely N-dealkylation sites (N-methyl/N-ethyl adjacent to an activating group) is 1. The van der Waals surface area contributed by atoms with E-state index in [-0.39, 0.29) is 32.2 Å². The van der Waals surface area contributed by atoms with Gasteiger partial charge in [-0.15, -0.1) is 0 Å². The predicted octanol–water partition coefficient (Wildman–Crippen LogP) is 20.1. The minimum Gasteiger partial charge on any atom is -0.545 e. The summed E-state index contributed by atoms with van der Waals surface area (Å²) >= 11 is 0. The second-order valence-corrected chi connectivity index (χ2v) is 25.2. The topological polar surface area (TPSA) is 111 Å². The van der Waals surface area contributed by atoms with Crippen molar-refractivity contribution in [3.05, 3.63) is 24.3 Å². The van der Waals surface area contributed by atoms with Gasteiger partial charge in [-0.05, 0) is 44.9 Å². The first-order valence-corrected chi connectivity index (χ1v) is 35.0. The Bertz CT molecular complexity index is 1360. The van der Waals surface area contributed by atoms with Crippen LogP contribution in [0.5, 0.6) is 0 Å². The number of hydrogen-bond donors (Lipinski definition) is 0. The summed E-state index contributed by atoms with van der Waals surface area (Å²) in [5, 5.41) is 11.8. The lowest BCUT2D eigenvalue weighted by Gasteiger charge is -2.26. The number of carbonyl (C=O) groups excluding carboxylic acids is 3. The molecule has 0 radical (unpaired) electrons. The second kappa shape index (κ2) is 62.8. The summed E-state index contributed by atoms with van der Waals surface area (Å²) in [6.45, 7) is 4.81. The van der Waals surface area contributed by atoms with Gasteiger partial charge in [-0.3, -0.25) is 9.59 Å². The van der Waals surface area contributed by atoms with Crippen LogP contribution in [0.1, 0.15) is 354 Å². The van der Waals surface area contributed by atoms with E-state index in [4.69, 9.17) is 18.9 Å². The molecule has 472 valence electrons. The molecule has 0 bridgehead atoms. The molecule has 0 aliphatic carbocycles. The van der Waals surface area contributed by atoms with E-state index in [1.165, 1.54) is 283 Å². The van der Waals surface area contributed by atoms with Gasteiger partial charge in [0.25, 0.3) is 0 Å². The molecule has 9 nitrogen and oxygen atoms in total. The van der Waals surface area contributed by atoms with Crippen LogP contribution < -0.4 is 5.11 Å². The van der Waals surface area contributed by atoms with Crippen LogP contribution >= 0.6 is 0 Å². The number of carboxylic acids is 1. The molecule has 0 fully saturated rings. The van der Waals surface area contributed by atoms with Crippen LogP contribution in [0, 0.1) is 0 Å². The van der Waals surface area contributed by atoms with Crippen LogP contribution in [0.25, 0.3) is 0 Å². The molecule has 0 rings (SSSR count). The largest absolute Gasteiger partial charge is 0.545 e. The molecule has 2 unspecified atom stereocenters. The molecule has 0 heterocycles. The number of carbonyl (C=O) groups is 3. The lowest BCUT2D eigenvalue weighted by Crippen LogP contribution is -2.44. The highest BCUT2D eigenvalue weighted by atomic mass is 16.7. The molecule has 0 aliphatic rings. The van der Waals surface area contributed by atoms with Gasteiger partial charge in [-0.2, -0.15) is 0 Å². The molecule has 0 aliphatic heterocycles. The van der Waals surface area contributed by atoms with Gasteiger partial charge in [0.05, 0.1) is 40.3 Å². The van der Waals surface area contributed by atoms with E-state index in [1.807, 2.05) is 21.1 Å². The van der Waals surface area contributed by atoms with E-state index >= 15 is 0 Å². The monoisotopic (exact) mass is 1130 g/mol. The SMILES string of the molecule is CCCCCCC/C=C\C/C=C\CCCCCCCCCCCCCCCCCCCCCCCC(=O)OC(COC(=O)CCCCCCCCCCCCCCCCCCCCCCCC)COC(OCC[N+](C)(C)C)C(=O)[O-]. The number of unbranched alkanes of at least 4 members (excludes halogenated alkanes) is 47. The van der Waals surface area contributed by atoms with Crippen LogP contribution in [0.3, 0.4) is 0 Å². The molecule has 0 aromatic heterocycles. The average molecular weight is 1130 g/mol. The van der Waals surface area contributed by atoms with Crippen molar-refractivity contribution in [3.8, 4) is 0 Å². The molecule has 0 saturated carbocycles. The third-order valence-corrected chi connectivity index (χ3v) is 16.0. The Morgan fingerprint density at radius 3 is 0.988 bits per heavy atom. The second-order valence-electron chi connectivity index (χ2n) is 25.2. The summed E-state index contributed by atoms with van der Waals surface area (Å²) in [7, 11) is 5.94. The van der Waals surface area contributed by atoms with Gasteiger partial charge in [0.2, 0.25) is 0 Å². The van der Waals surface area contributed by atoms with Crippen LogP contribution in [0.4, 0.5) is 0 Å². The molecule has 0 aromatic rings. The van der Waals surface area contributed by atoms with Crippen molar-refractivity contribution in [2.45, 2.75) is 367 Å². The van der Waals surface area contributed by atoms with Crippen molar-refractivity contribution < 1.29 is 42.9 Å². The number of aliphatic carboxylic acids is 1. The van der Waals surface area contributed by atoms with E-state index in [0.717, 1.165) is 44.9 Å². The fraction of sp³-hybridized carbons (Fsp3) is 0.901. The summed E-state index contributed by atoms with van der Waals surface area (Å²) in [5.41, 5.74) is 0. The van der Waals surface area contributed by atoms with Crippen LogP contribution in [0.15, 0.2) is 24.3 Å². The van der Waals surface area contributed by atoms with Crippen molar-refractivity contribution in [2.24, 2.45) is 0 Å². The minimum atomic E-state index is -1.62. The Morgan fingerprint density at radius 1 is 0.375 bits per heavy atom. The number of rotatable bonds is 66. The third-order valence-electron chi connectivity index (χ3n) is 16.0. The van der Waals surface area contributed by atoms with E-state index in [9.17, 15) is 19.5 Å². The summed E-state index contributed by atoms with van der Waals surface area (Å²) in [6.07, 6.45) is 74.1. The molecule has 0 aromatic carbocycles. The van der Waals surface area contributed by atoms with E-state index in [1.54, 1.807) is 0 Å². The molecule has 80 heavy (non-hydrogen) atoms. The summed E-state index contributed by atoms with van der Waals surface area (Å²) < 4.78 is 22.8.